The summed E-state index contributed by atoms with van der Waals surface area (Å²) in [6, 6.07) is 6.71. The van der Waals surface area contributed by atoms with Crippen LogP contribution in [0.5, 0.6) is 0 Å². The van der Waals surface area contributed by atoms with Gasteiger partial charge in [0.2, 0.25) is 0 Å². The van der Waals surface area contributed by atoms with Crippen molar-refractivity contribution in [3.05, 3.63) is 29.8 Å². The minimum Gasteiger partial charge on any atom is -0.396 e. The molecule has 176 valence electrons. The van der Waals surface area contributed by atoms with Gasteiger partial charge in [0, 0.05) is 16.1 Å². The molecule has 0 bridgehead atoms. The van der Waals surface area contributed by atoms with Crippen molar-refractivity contribution in [2.75, 3.05) is 25.7 Å². The fourth-order valence-corrected chi connectivity index (χ4v) is 7.99. The molecule has 0 aliphatic heterocycles. The van der Waals surface area contributed by atoms with Crippen LogP contribution in [0.4, 0.5) is 0 Å². The third-order valence-corrected chi connectivity index (χ3v) is 10.7. The Labute approximate surface area is 200 Å². The first-order chi connectivity index (χ1) is 13.9. The molecule has 0 spiro atoms. The van der Waals surface area contributed by atoms with Crippen molar-refractivity contribution in [2.24, 2.45) is 0 Å². The molecular weight excluding hydrogens is 477 g/mol. The Morgan fingerprint density at radius 2 is 1.37 bits per heavy atom. The lowest BCUT2D eigenvalue weighted by Gasteiger charge is -2.22. The molecule has 1 aromatic rings. The van der Waals surface area contributed by atoms with E-state index in [1.54, 1.807) is 56.6 Å². The summed E-state index contributed by atoms with van der Waals surface area (Å²) in [4.78, 5) is 0.223. The van der Waals surface area contributed by atoms with Crippen LogP contribution in [0.15, 0.2) is 29.2 Å². The minimum absolute atomic E-state index is 0.135. The van der Waals surface area contributed by atoms with Crippen molar-refractivity contribution in [2.45, 2.75) is 74.7 Å². The predicted molar refractivity (Wildman–Crippen MR) is 140 cm³/mol. The van der Waals surface area contributed by atoms with Gasteiger partial charge in [-0.3, -0.25) is 4.18 Å². The quantitative estimate of drug-likeness (QED) is 0.175. The summed E-state index contributed by atoms with van der Waals surface area (Å²) >= 11 is 0. The van der Waals surface area contributed by atoms with Crippen molar-refractivity contribution in [3.8, 4) is 0 Å². The molecule has 1 aromatic carbocycles. The largest absolute Gasteiger partial charge is 0.396 e. The maximum Gasteiger partial charge on any atom is 0.296 e. The molecular formula is C21H38O4S5. The highest BCUT2D eigenvalue weighted by atomic mass is 33.1. The predicted octanol–water partition coefficient (Wildman–Crippen LogP) is 6.82. The van der Waals surface area contributed by atoms with Crippen LogP contribution >= 0.6 is 43.2 Å². The topological polar surface area (TPSA) is 63.6 Å². The van der Waals surface area contributed by atoms with Gasteiger partial charge in [-0.15, -0.1) is 0 Å². The zero-order valence-electron chi connectivity index (χ0n) is 19.3. The molecule has 1 rings (SSSR count). The van der Waals surface area contributed by atoms with Crippen LogP contribution in [0, 0.1) is 6.92 Å². The number of rotatable bonds is 13. The van der Waals surface area contributed by atoms with Crippen LogP contribution in [0.1, 0.15) is 58.9 Å². The van der Waals surface area contributed by atoms with Gasteiger partial charge < -0.3 is 5.11 Å². The van der Waals surface area contributed by atoms with Crippen LogP contribution in [0.3, 0.4) is 0 Å². The molecule has 1 N–H and O–H groups in total. The number of aryl methyl sites for hydroxylation is 1. The molecule has 0 radical (unpaired) electrons. The standard InChI is InChI=1S/C14H22O3S3.C7H16OS2/c1-12-6-8-13(9-7-12)20(15,16)17-11-5-10-14(2,3)19-18-4;1-7(2,10-9-3)5-4-6-8/h6-9H,5,10-11H2,1-4H3;8H,4-6H2,1-3H3. The average molecular weight is 515 g/mol. The fourth-order valence-electron chi connectivity index (χ4n) is 2.48. The molecule has 0 atom stereocenters. The van der Waals surface area contributed by atoms with Crippen molar-refractivity contribution < 1.29 is 17.7 Å². The second-order valence-electron chi connectivity index (χ2n) is 8.04. The first-order valence-corrected chi connectivity index (χ1v) is 16.4. The van der Waals surface area contributed by atoms with Crippen LogP contribution in [0.2, 0.25) is 0 Å². The Kier molecular flexibility index (Phi) is 15.6. The highest BCUT2D eigenvalue weighted by Gasteiger charge is 2.19. The molecule has 0 saturated carbocycles. The maximum absolute atomic E-state index is 12.0. The molecule has 0 aliphatic rings. The second kappa shape index (κ2) is 15.3. The zero-order valence-corrected chi connectivity index (χ0v) is 23.3. The third-order valence-electron chi connectivity index (χ3n) is 4.03. The summed E-state index contributed by atoms with van der Waals surface area (Å²) in [5.74, 6) is 0. The summed E-state index contributed by atoms with van der Waals surface area (Å²) < 4.78 is 29.5. The zero-order chi connectivity index (χ0) is 23.3. The lowest BCUT2D eigenvalue weighted by Crippen LogP contribution is -2.15. The van der Waals surface area contributed by atoms with Gasteiger partial charge in [0.25, 0.3) is 10.1 Å². The highest BCUT2D eigenvalue weighted by molar-refractivity contribution is 8.77. The van der Waals surface area contributed by atoms with E-state index in [9.17, 15) is 8.42 Å². The summed E-state index contributed by atoms with van der Waals surface area (Å²) in [5.41, 5.74) is 1.03. The van der Waals surface area contributed by atoms with E-state index in [2.05, 4.69) is 34.0 Å². The molecule has 0 saturated heterocycles. The molecule has 0 heterocycles. The van der Waals surface area contributed by atoms with E-state index >= 15 is 0 Å². The summed E-state index contributed by atoms with van der Waals surface area (Å²) in [6.07, 6.45) is 7.79. The van der Waals surface area contributed by atoms with Crippen molar-refractivity contribution in [1.29, 1.82) is 0 Å². The van der Waals surface area contributed by atoms with Gasteiger partial charge in [-0.1, -0.05) is 60.9 Å². The Morgan fingerprint density at radius 3 is 1.80 bits per heavy atom. The lowest BCUT2D eigenvalue weighted by molar-refractivity contribution is 0.279. The van der Waals surface area contributed by atoms with E-state index in [1.807, 2.05) is 24.0 Å². The second-order valence-corrected chi connectivity index (χ2v) is 15.9. The van der Waals surface area contributed by atoms with Crippen LogP contribution in [0.25, 0.3) is 0 Å². The molecule has 4 nitrogen and oxygen atoms in total. The van der Waals surface area contributed by atoms with Gasteiger partial charge in [-0.25, -0.2) is 0 Å². The van der Waals surface area contributed by atoms with E-state index in [-0.39, 0.29) is 16.2 Å². The molecule has 0 unspecified atom stereocenters. The number of aliphatic hydroxyl groups excluding tert-OH is 1. The van der Waals surface area contributed by atoms with Gasteiger partial charge in [-0.2, -0.15) is 8.42 Å². The maximum atomic E-state index is 12.0. The molecule has 0 fully saturated rings. The first kappa shape index (κ1) is 30.5. The highest BCUT2D eigenvalue weighted by Crippen LogP contribution is 2.37. The fraction of sp³-hybridized carbons (Fsp3) is 0.714. The summed E-state index contributed by atoms with van der Waals surface area (Å²) in [5, 5.41) is 8.58. The smallest absolute Gasteiger partial charge is 0.296 e. The molecule has 0 aromatic heterocycles. The van der Waals surface area contributed by atoms with Crippen molar-refractivity contribution in [1.82, 2.24) is 0 Å². The van der Waals surface area contributed by atoms with Gasteiger partial charge >= 0.3 is 0 Å². The Bertz CT molecular complexity index is 673. The van der Waals surface area contributed by atoms with Crippen molar-refractivity contribution in [3.63, 3.8) is 0 Å². The Hall–Kier alpha value is 0.490. The van der Waals surface area contributed by atoms with E-state index in [4.69, 9.17) is 9.29 Å². The van der Waals surface area contributed by atoms with E-state index < -0.39 is 10.1 Å². The summed E-state index contributed by atoms with van der Waals surface area (Å²) in [6.45, 7) is 11.2. The van der Waals surface area contributed by atoms with E-state index in [1.165, 1.54) is 0 Å². The SMILES string of the molecule is CSSC(C)(C)CCCO.CSSC(C)(C)CCCOS(=O)(=O)c1ccc(C)cc1. The normalized spacial score (nSPS) is 12.4. The van der Waals surface area contributed by atoms with Gasteiger partial charge in [-0.05, 0) is 84.9 Å². The monoisotopic (exact) mass is 514 g/mol. The summed E-state index contributed by atoms with van der Waals surface area (Å²) in [7, 11) is 3.58. The number of aliphatic hydroxyl groups is 1. The van der Waals surface area contributed by atoms with Gasteiger partial charge in [0.05, 0.1) is 11.5 Å². The molecule has 9 heteroatoms. The minimum atomic E-state index is -3.62. The first-order valence-electron chi connectivity index (χ1n) is 9.90. The van der Waals surface area contributed by atoms with Crippen LogP contribution in [-0.2, 0) is 14.3 Å². The van der Waals surface area contributed by atoms with Gasteiger partial charge in [0.1, 0.15) is 0 Å². The van der Waals surface area contributed by atoms with E-state index in [0.717, 1.165) is 31.2 Å². The Balaban J connectivity index is 0.000000710. The van der Waals surface area contributed by atoms with E-state index in [0.29, 0.717) is 11.4 Å². The average Bonchev–Trinajstić information content (AvgIpc) is 2.64. The van der Waals surface area contributed by atoms with Crippen LogP contribution < -0.4 is 0 Å². The molecule has 0 amide bonds. The van der Waals surface area contributed by atoms with Crippen LogP contribution in [-0.4, -0.2) is 48.7 Å². The Morgan fingerprint density at radius 1 is 0.900 bits per heavy atom. The lowest BCUT2D eigenvalue weighted by atomic mass is 10.1. The van der Waals surface area contributed by atoms with Crippen molar-refractivity contribution >= 4 is 53.3 Å². The number of hydrogen-bond donors (Lipinski definition) is 1. The number of benzene rings is 1. The molecule has 0 aliphatic carbocycles. The number of hydrogen-bond acceptors (Lipinski definition) is 8. The third kappa shape index (κ3) is 14.5. The molecule has 30 heavy (non-hydrogen) atoms. The van der Waals surface area contributed by atoms with Gasteiger partial charge in [0.15, 0.2) is 0 Å².